The summed E-state index contributed by atoms with van der Waals surface area (Å²) in [6.45, 7) is -0.123. The number of rotatable bonds is 7. The number of aromatic amines is 2. The number of imidazole rings is 1. The summed E-state index contributed by atoms with van der Waals surface area (Å²) in [7, 11) is -8.85. The maximum Gasteiger partial charge on any atom is 0.240 e. The van der Waals surface area contributed by atoms with Crippen molar-refractivity contribution >= 4 is 36.8 Å². The summed E-state index contributed by atoms with van der Waals surface area (Å²) in [6, 6.07) is 6.72. The van der Waals surface area contributed by atoms with Gasteiger partial charge in [0.05, 0.1) is 27.2 Å². The first kappa shape index (κ1) is 22.7. The summed E-state index contributed by atoms with van der Waals surface area (Å²) in [5.74, 6) is -0.641. The molecule has 2 aromatic carbocycles. The van der Waals surface area contributed by atoms with Gasteiger partial charge in [-0.3, -0.25) is 0 Å². The first-order valence-corrected chi connectivity index (χ1v) is 12.6. The van der Waals surface area contributed by atoms with E-state index in [0.29, 0.717) is 16.6 Å². The molecule has 0 amide bonds. The van der Waals surface area contributed by atoms with Crippen molar-refractivity contribution in [3.8, 4) is 22.5 Å². The number of primary sulfonamides is 1. The number of hydrogen-bond acceptors (Lipinski definition) is 11. The Morgan fingerprint density at radius 2 is 1.82 bits per heavy atom. The van der Waals surface area contributed by atoms with Crippen molar-refractivity contribution in [2.24, 2.45) is 16.6 Å². The predicted octanol–water partition coefficient (Wildman–Crippen LogP) is -1.30. The summed E-state index contributed by atoms with van der Waals surface area (Å²) < 4.78 is 51.7. The number of fused-ring (bicyclic) bond motifs is 1. The van der Waals surface area contributed by atoms with Crippen molar-refractivity contribution in [2.45, 2.75) is 15.8 Å². The van der Waals surface area contributed by atoms with Crippen LogP contribution in [0.3, 0.4) is 0 Å². The minimum atomic E-state index is -4.62. The second-order valence-corrected chi connectivity index (χ2v) is 10.7. The van der Waals surface area contributed by atoms with E-state index < -0.39 is 41.4 Å². The fourth-order valence-corrected chi connectivity index (χ4v) is 6.62. The van der Waals surface area contributed by atoms with Crippen LogP contribution in [0.15, 0.2) is 40.1 Å². The molecule has 2 heterocycles. The minimum absolute atomic E-state index is 0.123. The Hall–Kier alpha value is -3.44. The third kappa shape index (κ3) is 4.16. The van der Waals surface area contributed by atoms with Crippen LogP contribution < -0.4 is 22.3 Å². The van der Waals surface area contributed by atoms with Crippen LogP contribution in [0.4, 0.5) is 5.95 Å². The Balaban J connectivity index is 2.13. The molecule has 1 unspecified atom stereocenters. The topological polar surface area (TPSA) is 255 Å². The van der Waals surface area contributed by atoms with Crippen molar-refractivity contribution in [1.29, 1.82) is 0 Å². The number of sulfonamides is 1. The highest BCUT2D eigenvalue weighted by Crippen LogP contribution is 2.41. The molecule has 0 spiro atoms. The molecule has 1 atom stereocenters. The van der Waals surface area contributed by atoms with Crippen molar-refractivity contribution in [3.63, 3.8) is 0 Å². The van der Waals surface area contributed by atoms with Crippen LogP contribution in [0.2, 0.25) is 0 Å². The molecule has 0 aliphatic rings. The molecule has 4 aromatic rings. The number of nitrogens with one attached hydrogen (secondary N) is 2. The monoisotopic (exact) mass is 492 g/mol. The average Bonchev–Trinajstić information content (AvgIpc) is 3.40. The smallest absolute Gasteiger partial charge is 0.240 e. The molecule has 0 bridgehead atoms. The number of benzene rings is 2. The minimum Gasteiger partial charge on any atom is -0.369 e. The molecule has 14 nitrogen and oxygen atoms in total. The van der Waals surface area contributed by atoms with Crippen LogP contribution in [-0.2, 0) is 19.9 Å². The lowest BCUT2D eigenvalue weighted by molar-refractivity contribution is 0.578. The standard InChI is InChI=1S/C17H20N10O4S2/c18-6-8(19)7-32(28,29)12-5-4-9(10-2-1-3-11-14(10)23-17(20)22-11)13(15(12)33(21,30)31)16-24-26-27-25-16/h1-5,8H,6-7,18-19H2,(H3,20,22,23)(H2,21,30,31)(H,24,25,26,27). The summed E-state index contributed by atoms with van der Waals surface area (Å²) in [5, 5.41) is 19.0. The van der Waals surface area contributed by atoms with Crippen LogP contribution >= 0.6 is 0 Å². The molecular weight excluding hydrogens is 472 g/mol. The number of nitrogens with zero attached hydrogens (tertiary/aromatic N) is 4. The molecule has 2 aromatic heterocycles. The molecule has 0 saturated carbocycles. The fourth-order valence-electron chi connectivity index (χ4n) is 3.51. The van der Waals surface area contributed by atoms with Crippen molar-refractivity contribution in [1.82, 2.24) is 30.6 Å². The van der Waals surface area contributed by atoms with Crippen molar-refractivity contribution < 1.29 is 16.8 Å². The Bertz CT molecular complexity index is 1550. The zero-order valence-corrected chi connectivity index (χ0v) is 18.6. The lowest BCUT2D eigenvalue weighted by atomic mass is 9.98. The maximum atomic E-state index is 13.1. The molecule has 174 valence electrons. The second kappa shape index (κ2) is 8.16. The third-order valence-electron chi connectivity index (χ3n) is 4.87. The first-order chi connectivity index (χ1) is 15.5. The number of nitrogens with two attached hydrogens (primary N) is 4. The number of aromatic nitrogens is 6. The summed E-state index contributed by atoms with van der Waals surface area (Å²) in [4.78, 5) is 5.90. The van der Waals surface area contributed by atoms with Gasteiger partial charge >= 0.3 is 0 Å². The molecule has 0 radical (unpaired) electrons. The Kier molecular flexibility index (Phi) is 5.62. The molecule has 0 aliphatic carbocycles. The van der Waals surface area contributed by atoms with Gasteiger partial charge < -0.3 is 22.2 Å². The average molecular weight is 493 g/mol. The van der Waals surface area contributed by atoms with E-state index in [1.807, 2.05) is 0 Å². The normalized spacial score (nSPS) is 13.4. The zero-order chi connectivity index (χ0) is 24.0. The quantitative estimate of drug-likeness (QED) is 0.177. The highest BCUT2D eigenvalue weighted by Gasteiger charge is 2.33. The summed E-state index contributed by atoms with van der Waals surface area (Å²) in [6.07, 6.45) is 0. The number of tetrazole rings is 1. The number of para-hydroxylation sites is 1. The van der Waals surface area contributed by atoms with Crippen molar-refractivity contribution in [2.75, 3.05) is 18.0 Å². The van der Waals surface area contributed by atoms with Crippen molar-refractivity contribution in [3.05, 3.63) is 30.3 Å². The molecule has 0 saturated heterocycles. The SMILES string of the molecule is NCC(N)CS(=O)(=O)c1ccc(-c2cccc3[nH]c(N)nc23)c(-c2nn[nH]n2)c1S(N)(=O)=O. The highest BCUT2D eigenvalue weighted by molar-refractivity contribution is 7.93. The zero-order valence-electron chi connectivity index (χ0n) is 16.9. The van der Waals surface area contributed by atoms with E-state index in [-0.39, 0.29) is 29.4 Å². The van der Waals surface area contributed by atoms with Gasteiger partial charge in [0.15, 0.2) is 15.8 Å². The molecule has 10 N–H and O–H groups in total. The number of anilines is 1. The summed E-state index contributed by atoms with van der Waals surface area (Å²) in [5.41, 5.74) is 18.5. The van der Waals surface area contributed by atoms with E-state index in [2.05, 4.69) is 30.6 Å². The Labute approximate surface area is 187 Å². The van der Waals surface area contributed by atoms with E-state index in [4.69, 9.17) is 22.3 Å². The van der Waals surface area contributed by atoms with Gasteiger partial charge in [-0.05, 0) is 22.9 Å². The van der Waals surface area contributed by atoms with Crippen LogP contribution in [0.25, 0.3) is 33.5 Å². The maximum absolute atomic E-state index is 13.1. The molecule has 33 heavy (non-hydrogen) atoms. The van der Waals surface area contributed by atoms with E-state index >= 15 is 0 Å². The Morgan fingerprint density at radius 3 is 2.45 bits per heavy atom. The number of sulfone groups is 1. The molecule has 0 aliphatic heterocycles. The van der Waals surface area contributed by atoms with Gasteiger partial charge in [-0.15, -0.1) is 10.2 Å². The second-order valence-electron chi connectivity index (χ2n) is 7.20. The van der Waals surface area contributed by atoms with Crippen LogP contribution in [0, 0.1) is 0 Å². The lowest BCUT2D eigenvalue weighted by Gasteiger charge is -2.17. The van der Waals surface area contributed by atoms with E-state index in [1.54, 1.807) is 18.2 Å². The molecule has 0 fully saturated rings. The Morgan fingerprint density at radius 1 is 1.06 bits per heavy atom. The lowest BCUT2D eigenvalue weighted by Crippen LogP contribution is -2.37. The van der Waals surface area contributed by atoms with Gasteiger partial charge in [0.2, 0.25) is 15.8 Å². The fraction of sp³-hybridized carbons (Fsp3) is 0.176. The van der Waals surface area contributed by atoms with Gasteiger partial charge in [0.25, 0.3) is 0 Å². The number of H-pyrrole nitrogens is 2. The van der Waals surface area contributed by atoms with Crippen LogP contribution in [0.1, 0.15) is 0 Å². The largest absolute Gasteiger partial charge is 0.369 e. The predicted molar refractivity (Wildman–Crippen MR) is 120 cm³/mol. The van der Waals surface area contributed by atoms with Gasteiger partial charge in [0, 0.05) is 18.2 Å². The van der Waals surface area contributed by atoms with E-state index in [1.165, 1.54) is 6.07 Å². The molecular formula is C17H20N10O4S2. The molecule has 16 heteroatoms. The highest BCUT2D eigenvalue weighted by atomic mass is 32.2. The molecule has 4 rings (SSSR count). The van der Waals surface area contributed by atoms with Crippen LogP contribution in [0.5, 0.6) is 0 Å². The van der Waals surface area contributed by atoms with Gasteiger partial charge in [-0.2, -0.15) is 5.21 Å². The third-order valence-corrected chi connectivity index (χ3v) is 7.87. The first-order valence-electron chi connectivity index (χ1n) is 9.39. The number of hydrogen-bond donors (Lipinski definition) is 6. The summed E-state index contributed by atoms with van der Waals surface area (Å²) >= 11 is 0. The van der Waals surface area contributed by atoms with Gasteiger partial charge in [0.1, 0.15) is 4.90 Å². The van der Waals surface area contributed by atoms with Gasteiger partial charge in [-0.1, -0.05) is 18.2 Å². The van der Waals surface area contributed by atoms with Gasteiger partial charge in [-0.25, -0.2) is 27.0 Å². The number of nitrogen functional groups attached to an aromatic ring is 1. The van der Waals surface area contributed by atoms with Crippen LogP contribution in [-0.4, -0.2) is 65.8 Å². The van der Waals surface area contributed by atoms with E-state index in [9.17, 15) is 16.8 Å². The van der Waals surface area contributed by atoms with E-state index in [0.717, 1.165) is 6.07 Å².